The Labute approximate surface area is 188 Å². The molecule has 1 amide bonds. The maximum absolute atomic E-state index is 11.7. The van der Waals surface area contributed by atoms with Gasteiger partial charge in [0.2, 0.25) is 0 Å². The average molecular weight is 515 g/mol. The number of guanidine groups is 1. The van der Waals surface area contributed by atoms with Crippen molar-refractivity contribution >= 4 is 47.2 Å². The minimum Gasteiger partial charge on any atom is -0.356 e. The summed E-state index contributed by atoms with van der Waals surface area (Å²) in [6.07, 6.45) is 0.802. The van der Waals surface area contributed by atoms with Gasteiger partial charge in [-0.3, -0.25) is 9.79 Å². The van der Waals surface area contributed by atoms with E-state index in [1.807, 2.05) is 24.3 Å². The molecule has 1 aromatic carbocycles. The maximum atomic E-state index is 11.7. The summed E-state index contributed by atoms with van der Waals surface area (Å²) in [7, 11) is 3.39. The van der Waals surface area contributed by atoms with Crippen molar-refractivity contribution in [3.8, 4) is 0 Å². The third kappa shape index (κ3) is 7.38. The fourth-order valence-corrected chi connectivity index (χ4v) is 3.37. The van der Waals surface area contributed by atoms with Crippen LogP contribution in [0.5, 0.6) is 0 Å². The Morgan fingerprint density at radius 1 is 1.25 bits per heavy atom. The molecule has 3 N–H and O–H groups in total. The van der Waals surface area contributed by atoms with E-state index in [1.54, 1.807) is 25.4 Å². The monoisotopic (exact) mass is 515 g/mol. The number of carbonyl (C=O) groups is 1. The fourth-order valence-electron chi connectivity index (χ4n) is 2.47. The number of benzene rings is 1. The van der Waals surface area contributed by atoms with Gasteiger partial charge in [-0.1, -0.05) is 32.9 Å². The summed E-state index contributed by atoms with van der Waals surface area (Å²) in [6, 6.07) is 7.66. The summed E-state index contributed by atoms with van der Waals surface area (Å²) < 4.78 is 0. The summed E-state index contributed by atoms with van der Waals surface area (Å²) in [5.41, 5.74) is 2.88. The largest absolute Gasteiger partial charge is 0.356 e. The van der Waals surface area contributed by atoms with E-state index < -0.39 is 0 Å². The predicted octanol–water partition coefficient (Wildman–Crippen LogP) is 3.33. The Kier molecular flexibility index (Phi) is 9.88. The lowest BCUT2D eigenvalue weighted by molar-refractivity contribution is 0.0963. The minimum atomic E-state index is -0.0693. The first-order valence-electron chi connectivity index (χ1n) is 9.04. The molecule has 0 atom stereocenters. The van der Waals surface area contributed by atoms with Gasteiger partial charge in [-0.2, -0.15) is 0 Å². The van der Waals surface area contributed by atoms with Crippen molar-refractivity contribution in [2.45, 2.75) is 39.2 Å². The molecule has 0 bridgehead atoms. The Balaban J connectivity index is 0.00000392. The number of rotatable bonds is 6. The standard InChI is InChI=1S/C20H29N5OS.HI/c1-20(2,3)18-25-16(13-27-18)12-24-19(22-5)23-10-9-14-7-6-8-15(11-14)17(26)21-4;/h6-8,11,13H,9-10,12H2,1-5H3,(H,21,26)(H2,22,23,24);1H. The van der Waals surface area contributed by atoms with Gasteiger partial charge in [0.05, 0.1) is 17.2 Å². The zero-order valence-corrected chi connectivity index (χ0v) is 20.3. The molecule has 0 spiro atoms. The number of nitrogens with one attached hydrogen (secondary N) is 3. The molecule has 2 rings (SSSR count). The fraction of sp³-hybridized carbons (Fsp3) is 0.450. The number of hydrogen-bond donors (Lipinski definition) is 3. The summed E-state index contributed by atoms with van der Waals surface area (Å²) in [5.74, 6) is 0.669. The molecule has 0 radical (unpaired) electrons. The molecule has 154 valence electrons. The Bertz CT molecular complexity index is 798. The molecule has 0 saturated heterocycles. The molecule has 2 aromatic rings. The minimum absolute atomic E-state index is 0. The molecular formula is C20H30IN5OS. The van der Waals surface area contributed by atoms with Crippen LogP contribution in [-0.2, 0) is 18.4 Å². The van der Waals surface area contributed by atoms with Gasteiger partial charge in [-0.25, -0.2) is 4.98 Å². The SMILES string of the molecule is CN=C(NCCc1cccc(C(=O)NC)c1)NCc1csc(C(C)(C)C)n1.I. The topological polar surface area (TPSA) is 78.4 Å². The van der Waals surface area contributed by atoms with Crippen molar-refractivity contribution < 1.29 is 4.79 Å². The van der Waals surface area contributed by atoms with Gasteiger partial charge in [0, 0.05) is 37.0 Å². The number of thiazole rings is 1. The molecule has 8 heteroatoms. The molecule has 1 aromatic heterocycles. The van der Waals surface area contributed by atoms with Crippen molar-refractivity contribution in [3.05, 3.63) is 51.5 Å². The first kappa shape index (κ1) is 24.4. The van der Waals surface area contributed by atoms with Crippen LogP contribution >= 0.6 is 35.3 Å². The zero-order valence-electron chi connectivity index (χ0n) is 17.1. The van der Waals surface area contributed by atoms with E-state index in [9.17, 15) is 4.79 Å². The molecule has 0 aliphatic heterocycles. The van der Waals surface area contributed by atoms with E-state index in [-0.39, 0.29) is 35.3 Å². The van der Waals surface area contributed by atoms with Crippen molar-refractivity contribution in [1.82, 2.24) is 20.9 Å². The van der Waals surface area contributed by atoms with Crippen molar-refractivity contribution in [2.75, 3.05) is 20.6 Å². The lowest BCUT2D eigenvalue weighted by atomic mass is 9.98. The molecule has 6 nitrogen and oxygen atoms in total. The normalized spacial score (nSPS) is 11.5. The average Bonchev–Trinajstić information content (AvgIpc) is 3.13. The molecule has 0 aliphatic rings. The highest BCUT2D eigenvalue weighted by Gasteiger charge is 2.17. The zero-order chi connectivity index (χ0) is 19.9. The van der Waals surface area contributed by atoms with Crippen LogP contribution in [0.15, 0.2) is 34.6 Å². The van der Waals surface area contributed by atoms with E-state index in [0.717, 1.165) is 35.2 Å². The highest BCUT2D eigenvalue weighted by Crippen LogP contribution is 2.25. The molecule has 0 saturated carbocycles. The summed E-state index contributed by atoms with van der Waals surface area (Å²) in [4.78, 5) is 20.7. The lowest BCUT2D eigenvalue weighted by Crippen LogP contribution is -2.38. The van der Waals surface area contributed by atoms with Crippen LogP contribution in [0.25, 0.3) is 0 Å². The second kappa shape index (κ2) is 11.4. The van der Waals surface area contributed by atoms with Crippen LogP contribution < -0.4 is 16.0 Å². The molecule has 28 heavy (non-hydrogen) atoms. The van der Waals surface area contributed by atoms with Crippen molar-refractivity contribution in [2.24, 2.45) is 4.99 Å². The van der Waals surface area contributed by atoms with Gasteiger partial charge in [0.15, 0.2) is 5.96 Å². The quantitative estimate of drug-likeness (QED) is 0.314. The van der Waals surface area contributed by atoms with Crippen molar-refractivity contribution in [1.29, 1.82) is 0 Å². The summed E-state index contributed by atoms with van der Waals surface area (Å²) >= 11 is 1.69. The second-order valence-electron chi connectivity index (χ2n) is 7.28. The summed E-state index contributed by atoms with van der Waals surface area (Å²) in [5, 5.41) is 12.5. The molecule has 0 aliphatic carbocycles. The van der Waals surface area contributed by atoms with E-state index >= 15 is 0 Å². The van der Waals surface area contributed by atoms with Crippen LogP contribution in [0.2, 0.25) is 0 Å². The highest BCUT2D eigenvalue weighted by molar-refractivity contribution is 14.0. The van der Waals surface area contributed by atoms with Crippen LogP contribution in [0.3, 0.4) is 0 Å². The highest BCUT2D eigenvalue weighted by atomic mass is 127. The van der Waals surface area contributed by atoms with Crippen LogP contribution in [0.4, 0.5) is 0 Å². The number of nitrogens with zero attached hydrogens (tertiary/aromatic N) is 2. The van der Waals surface area contributed by atoms with E-state index in [1.165, 1.54) is 0 Å². The Morgan fingerprint density at radius 2 is 2.00 bits per heavy atom. The number of carbonyl (C=O) groups excluding carboxylic acids is 1. The lowest BCUT2D eigenvalue weighted by Gasteiger charge is -2.14. The number of amides is 1. The van der Waals surface area contributed by atoms with Gasteiger partial charge < -0.3 is 16.0 Å². The molecule has 1 heterocycles. The second-order valence-corrected chi connectivity index (χ2v) is 8.13. The van der Waals surface area contributed by atoms with Gasteiger partial charge in [-0.15, -0.1) is 35.3 Å². The van der Waals surface area contributed by atoms with E-state index in [2.05, 4.69) is 52.1 Å². The molecule has 0 unspecified atom stereocenters. The number of aromatic nitrogens is 1. The number of aliphatic imine (C=N–C) groups is 1. The number of halogens is 1. The summed E-state index contributed by atoms with van der Waals surface area (Å²) in [6.45, 7) is 7.87. The first-order valence-corrected chi connectivity index (χ1v) is 9.92. The van der Waals surface area contributed by atoms with Crippen LogP contribution in [-0.4, -0.2) is 37.5 Å². The molecule has 0 fully saturated rings. The van der Waals surface area contributed by atoms with Gasteiger partial charge in [-0.05, 0) is 24.1 Å². The van der Waals surface area contributed by atoms with E-state index in [4.69, 9.17) is 0 Å². The Morgan fingerprint density at radius 3 is 2.61 bits per heavy atom. The Hall–Kier alpha value is -1.68. The third-order valence-electron chi connectivity index (χ3n) is 3.98. The third-order valence-corrected chi connectivity index (χ3v) is 5.29. The van der Waals surface area contributed by atoms with Crippen molar-refractivity contribution in [3.63, 3.8) is 0 Å². The van der Waals surface area contributed by atoms with Gasteiger partial charge in [0.1, 0.15) is 0 Å². The first-order chi connectivity index (χ1) is 12.8. The molecular weight excluding hydrogens is 485 g/mol. The van der Waals surface area contributed by atoms with Gasteiger partial charge in [0.25, 0.3) is 5.91 Å². The van der Waals surface area contributed by atoms with Gasteiger partial charge >= 0.3 is 0 Å². The predicted molar refractivity (Wildman–Crippen MR) is 128 cm³/mol. The van der Waals surface area contributed by atoms with E-state index in [0.29, 0.717) is 12.1 Å². The maximum Gasteiger partial charge on any atom is 0.251 e. The van der Waals surface area contributed by atoms with Crippen LogP contribution in [0, 0.1) is 0 Å². The van der Waals surface area contributed by atoms with Crippen LogP contribution in [0.1, 0.15) is 47.4 Å². The smallest absolute Gasteiger partial charge is 0.251 e. The number of hydrogen-bond acceptors (Lipinski definition) is 4.